The van der Waals surface area contributed by atoms with Crippen LogP contribution in [0.15, 0.2) is 57.9 Å². The number of carbonyl (C=O) groups excluding carboxylic acids is 1. The summed E-state index contributed by atoms with van der Waals surface area (Å²) in [6.07, 6.45) is 1.58. The number of aromatic nitrogens is 1. The molecule has 0 aliphatic carbocycles. The minimum absolute atomic E-state index is 0.00135. The first-order valence-electron chi connectivity index (χ1n) is 11.8. The molecule has 0 saturated heterocycles. The molecule has 0 aliphatic heterocycles. The van der Waals surface area contributed by atoms with Gasteiger partial charge in [0, 0.05) is 42.7 Å². The number of nitrogens with one attached hydrogen (secondary N) is 2. The Balaban J connectivity index is 1.98. The summed E-state index contributed by atoms with van der Waals surface area (Å²) >= 11 is 0. The zero-order valence-corrected chi connectivity index (χ0v) is 22.2. The molecule has 0 saturated carbocycles. The Morgan fingerprint density at radius 2 is 1.76 bits per heavy atom. The van der Waals surface area contributed by atoms with Crippen LogP contribution in [0, 0.1) is 13.8 Å². The predicted octanol–water partition coefficient (Wildman–Crippen LogP) is 4.72. The second kappa shape index (κ2) is 10.1. The van der Waals surface area contributed by atoms with Crippen LogP contribution in [-0.4, -0.2) is 31.2 Å². The van der Waals surface area contributed by atoms with Crippen LogP contribution in [0.4, 0.5) is 5.69 Å². The summed E-state index contributed by atoms with van der Waals surface area (Å²) in [6, 6.07) is 12.1. The Morgan fingerprint density at radius 1 is 1.05 bits per heavy atom. The molecule has 37 heavy (non-hydrogen) atoms. The molecular formula is C27H29N3O6S. The minimum Gasteiger partial charge on any atom is -0.456 e. The van der Waals surface area contributed by atoms with Crippen molar-refractivity contribution in [2.75, 3.05) is 17.0 Å². The number of rotatable bonds is 8. The fraction of sp³-hybridized carbons (Fsp3) is 0.259. The zero-order chi connectivity index (χ0) is 26.9. The smallest absolute Gasteiger partial charge is 0.287 e. The minimum atomic E-state index is -3.55. The highest BCUT2D eigenvalue weighted by atomic mass is 32.2. The fourth-order valence-electron chi connectivity index (χ4n) is 4.02. The molecule has 0 unspecified atom stereocenters. The molecule has 2 heterocycles. The number of para-hydroxylation sites is 1. The second-order valence-corrected chi connectivity index (χ2v) is 10.7. The van der Waals surface area contributed by atoms with Gasteiger partial charge in [-0.1, -0.05) is 18.2 Å². The number of pyridine rings is 1. The van der Waals surface area contributed by atoms with E-state index in [-0.39, 0.29) is 28.0 Å². The monoisotopic (exact) mass is 523 g/mol. The van der Waals surface area contributed by atoms with Crippen molar-refractivity contribution < 1.29 is 22.4 Å². The van der Waals surface area contributed by atoms with Crippen LogP contribution in [-0.2, 0) is 17.1 Å². The molecule has 0 aliphatic rings. The van der Waals surface area contributed by atoms with E-state index in [0.717, 1.165) is 11.1 Å². The lowest BCUT2D eigenvalue weighted by molar-refractivity contribution is 0.0930. The number of nitrogens with zero attached hydrogens (tertiary/aromatic N) is 1. The Morgan fingerprint density at radius 3 is 2.41 bits per heavy atom. The lowest BCUT2D eigenvalue weighted by Gasteiger charge is -2.17. The highest BCUT2D eigenvalue weighted by Crippen LogP contribution is 2.40. The number of hydrogen-bond acceptors (Lipinski definition) is 6. The summed E-state index contributed by atoms with van der Waals surface area (Å²) in [4.78, 5) is 25.4. The van der Waals surface area contributed by atoms with Crippen LogP contribution in [0.2, 0.25) is 0 Å². The van der Waals surface area contributed by atoms with E-state index in [9.17, 15) is 18.0 Å². The van der Waals surface area contributed by atoms with E-state index in [1.165, 1.54) is 10.6 Å². The fourth-order valence-corrected chi connectivity index (χ4v) is 4.65. The van der Waals surface area contributed by atoms with E-state index < -0.39 is 15.9 Å². The lowest BCUT2D eigenvalue weighted by Crippen LogP contribution is -2.22. The van der Waals surface area contributed by atoms with Gasteiger partial charge in [-0.2, -0.15) is 0 Å². The van der Waals surface area contributed by atoms with Gasteiger partial charge < -0.3 is 19.0 Å². The number of fused-ring (bicyclic) bond motifs is 1. The van der Waals surface area contributed by atoms with Crippen molar-refractivity contribution in [3.63, 3.8) is 0 Å². The number of carbonyl (C=O) groups is 1. The molecule has 10 heteroatoms. The maximum Gasteiger partial charge on any atom is 0.287 e. The van der Waals surface area contributed by atoms with Gasteiger partial charge in [-0.25, -0.2) is 8.42 Å². The quantitative estimate of drug-likeness (QED) is 0.345. The third-order valence-electron chi connectivity index (χ3n) is 5.96. The van der Waals surface area contributed by atoms with Crippen LogP contribution in [0.3, 0.4) is 0 Å². The SMILES string of the molecule is CCNC(=O)c1cc2c(=O)n(C)cc(-c3cc(NS(=O)(=O)CC)ccc3Oc3c(C)cccc3C)c2o1. The zero-order valence-electron chi connectivity index (χ0n) is 21.3. The average Bonchev–Trinajstić information content (AvgIpc) is 3.30. The Labute approximate surface area is 215 Å². The van der Waals surface area contributed by atoms with Crippen LogP contribution in [0.25, 0.3) is 22.1 Å². The first-order chi connectivity index (χ1) is 17.5. The van der Waals surface area contributed by atoms with Crippen molar-refractivity contribution in [1.29, 1.82) is 0 Å². The molecule has 0 atom stereocenters. The first-order valence-corrected chi connectivity index (χ1v) is 13.5. The molecule has 0 bridgehead atoms. The van der Waals surface area contributed by atoms with E-state index in [2.05, 4.69) is 10.0 Å². The van der Waals surface area contributed by atoms with Crippen molar-refractivity contribution in [1.82, 2.24) is 9.88 Å². The Hall–Kier alpha value is -4.05. The molecule has 4 aromatic rings. The molecule has 194 valence electrons. The predicted molar refractivity (Wildman–Crippen MR) is 144 cm³/mol. The van der Waals surface area contributed by atoms with Gasteiger partial charge in [-0.15, -0.1) is 0 Å². The number of ether oxygens (including phenoxy) is 1. The van der Waals surface area contributed by atoms with Crippen molar-refractivity contribution in [2.45, 2.75) is 27.7 Å². The van der Waals surface area contributed by atoms with Gasteiger partial charge >= 0.3 is 0 Å². The largest absolute Gasteiger partial charge is 0.456 e. The van der Waals surface area contributed by atoms with E-state index >= 15 is 0 Å². The topological polar surface area (TPSA) is 120 Å². The number of hydrogen-bond donors (Lipinski definition) is 2. The number of aryl methyl sites for hydroxylation is 3. The summed E-state index contributed by atoms with van der Waals surface area (Å²) in [5.74, 6) is 0.549. The van der Waals surface area contributed by atoms with Crippen LogP contribution in [0.1, 0.15) is 35.5 Å². The maximum absolute atomic E-state index is 12.9. The van der Waals surface area contributed by atoms with E-state index in [1.54, 1.807) is 45.3 Å². The summed E-state index contributed by atoms with van der Waals surface area (Å²) in [7, 11) is -1.95. The number of amides is 1. The first kappa shape index (κ1) is 26.0. The third kappa shape index (κ3) is 5.24. The van der Waals surface area contributed by atoms with Crippen LogP contribution >= 0.6 is 0 Å². The standard InChI is InChI=1S/C27H29N3O6S/c1-6-28-26(31)23-14-20-25(36-23)21(15-30(5)27(20)32)19-13-18(29-37(33,34)7-2)11-12-22(19)35-24-16(3)9-8-10-17(24)4/h8-15,29H,6-7H2,1-5H3,(H,28,31). The van der Waals surface area contributed by atoms with Crippen LogP contribution < -0.4 is 20.3 Å². The highest BCUT2D eigenvalue weighted by Gasteiger charge is 2.22. The molecule has 0 radical (unpaired) electrons. The molecule has 2 aromatic heterocycles. The van der Waals surface area contributed by atoms with Gasteiger partial charge in [-0.3, -0.25) is 14.3 Å². The van der Waals surface area contributed by atoms with E-state index in [0.29, 0.717) is 34.9 Å². The number of benzene rings is 2. The third-order valence-corrected chi connectivity index (χ3v) is 7.26. The van der Waals surface area contributed by atoms with Gasteiger partial charge in [-0.05, 0) is 57.0 Å². The van der Waals surface area contributed by atoms with Gasteiger partial charge in [0.15, 0.2) is 5.76 Å². The average molecular weight is 524 g/mol. The molecule has 2 aromatic carbocycles. The Kier molecular flexibility index (Phi) is 7.13. The van der Waals surface area contributed by atoms with E-state index in [4.69, 9.17) is 9.15 Å². The molecular weight excluding hydrogens is 494 g/mol. The molecule has 2 N–H and O–H groups in total. The van der Waals surface area contributed by atoms with Crippen molar-refractivity contribution in [3.05, 3.63) is 75.9 Å². The number of anilines is 1. The summed E-state index contributed by atoms with van der Waals surface area (Å²) < 4.78 is 40.8. The maximum atomic E-state index is 12.9. The summed E-state index contributed by atoms with van der Waals surface area (Å²) in [6.45, 7) is 7.59. The molecule has 0 fully saturated rings. The van der Waals surface area contributed by atoms with Crippen LogP contribution in [0.5, 0.6) is 11.5 Å². The number of furan rings is 1. The summed E-state index contributed by atoms with van der Waals surface area (Å²) in [5, 5.41) is 2.89. The molecule has 4 rings (SSSR count). The lowest BCUT2D eigenvalue weighted by atomic mass is 10.0. The Bertz CT molecular complexity index is 1650. The molecule has 0 spiro atoms. The van der Waals surface area contributed by atoms with Crippen molar-refractivity contribution in [2.24, 2.45) is 7.05 Å². The normalized spacial score (nSPS) is 11.5. The van der Waals surface area contributed by atoms with Crippen molar-refractivity contribution >= 4 is 32.6 Å². The summed E-state index contributed by atoms with van der Waals surface area (Å²) in [5.41, 5.74) is 2.97. The van der Waals surface area contributed by atoms with Crippen molar-refractivity contribution in [3.8, 4) is 22.6 Å². The van der Waals surface area contributed by atoms with E-state index in [1.807, 2.05) is 32.0 Å². The molecule has 1 amide bonds. The number of sulfonamides is 1. The van der Waals surface area contributed by atoms with Gasteiger partial charge in [0.1, 0.15) is 17.1 Å². The van der Waals surface area contributed by atoms with Gasteiger partial charge in [0.05, 0.1) is 11.1 Å². The second-order valence-electron chi connectivity index (χ2n) is 8.71. The van der Waals surface area contributed by atoms with Gasteiger partial charge in [0.2, 0.25) is 10.0 Å². The highest BCUT2D eigenvalue weighted by molar-refractivity contribution is 7.92. The molecule has 9 nitrogen and oxygen atoms in total. The van der Waals surface area contributed by atoms with Gasteiger partial charge in [0.25, 0.3) is 11.5 Å².